The summed E-state index contributed by atoms with van der Waals surface area (Å²) >= 11 is 0. The summed E-state index contributed by atoms with van der Waals surface area (Å²) in [6, 6.07) is 13.5. The number of carbonyl (C=O) groups excluding carboxylic acids is 1. The van der Waals surface area contributed by atoms with Crippen LogP contribution in [0.15, 0.2) is 42.5 Å². The summed E-state index contributed by atoms with van der Waals surface area (Å²) in [7, 11) is 0. The first-order valence-corrected chi connectivity index (χ1v) is 11.6. The molecule has 3 fully saturated rings. The summed E-state index contributed by atoms with van der Waals surface area (Å²) < 4.78 is 0. The molecule has 2 aliphatic carbocycles. The Balaban J connectivity index is 1.35. The predicted molar refractivity (Wildman–Crippen MR) is 118 cm³/mol. The third kappa shape index (κ3) is 3.21. The van der Waals surface area contributed by atoms with Crippen molar-refractivity contribution in [3.05, 3.63) is 59.2 Å². The molecule has 1 saturated carbocycles. The van der Waals surface area contributed by atoms with Gasteiger partial charge in [0.25, 0.3) is 0 Å². The molecule has 0 aromatic heterocycles. The molecule has 2 aromatic carbocycles. The highest BCUT2D eigenvalue weighted by molar-refractivity contribution is 5.80. The number of hydrogen-bond donors (Lipinski definition) is 2. The summed E-state index contributed by atoms with van der Waals surface area (Å²) in [4.78, 5) is 18.1. The number of nitrogens with zero attached hydrogens (tertiary/aromatic N) is 2. The van der Waals surface area contributed by atoms with Gasteiger partial charge in [0.2, 0.25) is 5.91 Å². The van der Waals surface area contributed by atoms with Gasteiger partial charge in [-0.2, -0.15) is 0 Å². The minimum absolute atomic E-state index is 0.153. The molecule has 2 aliphatic heterocycles. The van der Waals surface area contributed by atoms with E-state index in [9.17, 15) is 15.0 Å². The lowest BCUT2D eigenvalue weighted by Crippen LogP contribution is -2.66. The van der Waals surface area contributed by atoms with Crippen molar-refractivity contribution in [2.24, 2.45) is 11.8 Å². The first kappa shape index (κ1) is 19.2. The van der Waals surface area contributed by atoms with E-state index >= 15 is 0 Å². The van der Waals surface area contributed by atoms with Gasteiger partial charge in [-0.1, -0.05) is 18.2 Å². The fourth-order valence-corrected chi connectivity index (χ4v) is 6.52. The Morgan fingerprint density at radius 3 is 2.58 bits per heavy atom. The molecule has 5 nitrogen and oxygen atoms in total. The van der Waals surface area contributed by atoms with Crippen molar-refractivity contribution in [1.82, 2.24) is 9.80 Å². The quantitative estimate of drug-likeness (QED) is 0.799. The molecular formula is C26H30N2O3. The molecule has 31 heavy (non-hydrogen) atoms. The van der Waals surface area contributed by atoms with Gasteiger partial charge in [-0.15, -0.1) is 0 Å². The smallest absolute Gasteiger partial charge is 0.223 e. The maximum absolute atomic E-state index is 13.4. The van der Waals surface area contributed by atoms with Crippen LogP contribution in [0.5, 0.6) is 11.5 Å². The second-order valence-electron chi connectivity index (χ2n) is 10.2. The van der Waals surface area contributed by atoms with Crippen LogP contribution in [-0.4, -0.2) is 51.6 Å². The van der Waals surface area contributed by atoms with Gasteiger partial charge < -0.3 is 15.1 Å². The predicted octanol–water partition coefficient (Wildman–Crippen LogP) is 3.42. The van der Waals surface area contributed by atoms with Gasteiger partial charge in [0.1, 0.15) is 11.5 Å². The number of likely N-dealkylation sites (tertiary alicyclic amines) is 2. The minimum Gasteiger partial charge on any atom is -0.508 e. The van der Waals surface area contributed by atoms with E-state index in [0.29, 0.717) is 30.7 Å². The Morgan fingerprint density at radius 1 is 1.03 bits per heavy atom. The van der Waals surface area contributed by atoms with Gasteiger partial charge in [-0.05, 0) is 79.1 Å². The molecule has 1 unspecified atom stereocenters. The van der Waals surface area contributed by atoms with Crippen LogP contribution in [0.25, 0.3) is 0 Å². The summed E-state index contributed by atoms with van der Waals surface area (Å²) in [5.41, 5.74) is 3.44. The maximum atomic E-state index is 13.4. The van der Waals surface area contributed by atoms with E-state index in [-0.39, 0.29) is 17.1 Å². The van der Waals surface area contributed by atoms with Crippen LogP contribution in [0.1, 0.15) is 42.4 Å². The molecule has 2 saturated heterocycles. The van der Waals surface area contributed by atoms with Crippen LogP contribution < -0.4 is 0 Å². The number of fused-ring (bicyclic) bond motifs is 1. The molecule has 2 heterocycles. The highest BCUT2D eigenvalue weighted by Gasteiger charge is 2.57. The number of benzene rings is 2. The van der Waals surface area contributed by atoms with Crippen LogP contribution >= 0.6 is 0 Å². The van der Waals surface area contributed by atoms with Gasteiger partial charge in [0, 0.05) is 43.4 Å². The normalized spacial score (nSPS) is 30.1. The molecule has 3 atom stereocenters. The zero-order chi connectivity index (χ0) is 21.2. The Labute approximate surface area is 183 Å². The number of carbonyl (C=O) groups is 1. The molecule has 2 bridgehead atoms. The Hall–Kier alpha value is -2.53. The Bertz CT molecular complexity index is 1020. The van der Waals surface area contributed by atoms with Gasteiger partial charge in [-0.25, -0.2) is 0 Å². The van der Waals surface area contributed by atoms with Crippen molar-refractivity contribution >= 4 is 5.91 Å². The molecule has 0 spiro atoms. The van der Waals surface area contributed by atoms with Crippen molar-refractivity contribution in [3.8, 4) is 11.5 Å². The molecule has 1 amide bonds. The van der Waals surface area contributed by atoms with Crippen LogP contribution in [-0.2, 0) is 23.2 Å². The van der Waals surface area contributed by atoms with E-state index in [4.69, 9.17) is 0 Å². The van der Waals surface area contributed by atoms with E-state index in [2.05, 4.69) is 11.0 Å². The number of aromatic hydroxyl groups is 2. The molecule has 0 radical (unpaired) electrons. The van der Waals surface area contributed by atoms with Crippen molar-refractivity contribution < 1.29 is 15.0 Å². The SMILES string of the molecule is O=C1C[C@]23CCN(CC4CC4)[C@H](Cc4ccc(O)cc42)C3CN1Cc1ccc(O)cc1. The van der Waals surface area contributed by atoms with Crippen LogP contribution in [0, 0.1) is 11.8 Å². The second-order valence-corrected chi connectivity index (χ2v) is 10.2. The van der Waals surface area contributed by atoms with Crippen molar-refractivity contribution in [2.75, 3.05) is 19.6 Å². The standard InChI is InChI=1S/C26H30N2O3/c29-20-6-3-18(4-7-20)15-28-16-23-24-11-19-5-8-21(30)12-22(19)26(23,13-25(28)31)9-10-27(24)14-17-1-2-17/h3-8,12,17,23-24,29-30H,1-2,9-11,13-16H2/t23?,24-,26-/m1/s1. The molecule has 4 aliphatic rings. The van der Waals surface area contributed by atoms with E-state index < -0.39 is 0 Å². The van der Waals surface area contributed by atoms with Crippen molar-refractivity contribution in [2.45, 2.75) is 50.1 Å². The fraction of sp³-hybridized carbons (Fsp3) is 0.500. The number of hydrogen-bond acceptors (Lipinski definition) is 4. The van der Waals surface area contributed by atoms with E-state index in [0.717, 1.165) is 37.4 Å². The zero-order valence-electron chi connectivity index (χ0n) is 17.8. The average Bonchev–Trinajstić information content (AvgIpc) is 3.57. The first-order chi connectivity index (χ1) is 15.0. The lowest BCUT2D eigenvalue weighted by Gasteiger charge is -2.60. The largest absolute Gasteiger partial charge is 0.508 e. The summed E-state index contributed by atoms with van der Waals surface area (Å²) in [6.07, 6.45) is 5.25. The van der Waals surface area contributed by atoms with Gasteiger partial charge in [0.05, 0.1) is 0 Å². The van der Waals surface area contributed by atoms with Crippen molar-refractivity contribution in [3.63, 3.8) is 0 Å². The first-order valence-electron chi connectivity index (χ1n) is 11.6. The lowest BCUT2D eigenvalue weighted by atomic mass is 9.54. The van der Waals surface area contributed by atoms with Crippen LogP contribution in [0.4, 0.5) is 0 Å². The third-order valence-corrected chi connectivity index (χ3v) is 8.28. The van der Waals surface area contributed by atoms with Crippen LogP contribution in [0.3, 0.4) is 0 Å². The summed E-state index contributed by atoms with van der Waals surface area (Å²) in [6.45, 7) is 3.60. The number of amides is 1. The summed E-state index contributed by atoms with van der Waals surface area (Å²) in [5.74, 6) is 2.01. The third-order valence-electron chi connectivity index (χ3n) is 8.28. The monoisotopic (exact) mass is 418 g/mol. The molecule has 2 aromatic rings. The van der Waals surface area contributed by atoms with Crippen molar-refractivity contribution in [1.29, 1.82) is 0 Å². The number of piperidine rings is 2. The van der Waals surface area contributed by atoms with E-state index in [1.54, 1.807) is 18.2 Å². The highest BCUT2D eigenvalue weighted by Crippen LogP contribution is 2.54. The second kappa shape index (κ2) is 6.99. The highest BCUT2D eigenvalue weighted by atomic mass is 16.3. The maximum Gasteiger partial charge on any atom is 0.223 e. The fourth-order valence-electron chi connectivity index (χ4n) is 6.52. The number of phenols is 2. The molecule has 6 rings (SSSR count). The number of rotatable bonds is 4. The zero-order valence-corrected chi connectivity index (χ0v) is 17.8. The number of phenolic OH excluding ortho intramolecular Hbond substituents is 2. The van der Waals surface area contributed by atoms with Gasteiger partial charge in [-0.3, -0.25) is 9.69 Å². The van der Waals surface area contributed by atoms with Gasteiger partial charge in [0.15, 0.2) is 0 Å². The topological polar surface area (TPSA) is 64.0 Å². The molecule has 162 valence electrons. The minimum atomic E-state index is -0.153. The van der Waals surface area contributed by atoms with E-state index in [1.807, 2.05) is 23.1 Å². The average molecular weight is 419 g/mol. The molecule has 5 heteroatoms. The lowest BCUT2D eigenvalue weighted by molar-refractivity contribution is -0.145. The Kier molecular flexibility index (Phi) is 4.32. The molecular weight excluding hydrogens is 388 g/mol. The van der Waals surface area contributed by atoms with Gasteiger partial charge >= 0.3 is 0 Å². The Morgan fingerprint density at radius 2 is 1.81 bits per heavy atom. The molecule has 2 N–H and O–H groups in total. The van der Waals surface area contributed by atoms with Crippen LogP contribution in [0.2, 0.25) is 0 Å². The summed E-state index contributed by atoms with van der Waals surface area (Å²) in [5, 5.41) is 19.9. The van der Waals surface area contributed by atoms with E-state index in [1.165, 1.54) is 30.5 Å².